The molecule has 36 heavy (non-hydrogen) atoms. The monoisotopic (exact) mass is 492 g/mol. The molecule has 0 radical (unpaired) electrons. The predicted molar refractivity (Wildman–Crippen MR) is 130 cm³/mol. The number of nitrogens with zero attached hydrogens (tertiary/aromatic N) is 12. The predicted octanol–water partition coefficient (Wildman–Crippen LogP) is 5.19. The van der Waals surface area contributed by atoms with E-state index in [0.29, 0.717) is 37.3 Å². The minimum Gasteiger partial charge on any atom is -0.355 e. The van der Waals surface area contributed by atoms with E-state index >= 15 is 0 Å². The van der Waals surface area contributed by atoms with E-state index in [2.05, 4.69) is 50.7 Å². The minimum atomic E-state index is -1.40. The maximum absolute atomic E-state index is 12.6. The zero-order valence-electron chi connectivity index (χ0n) is 19.3. The van der Waals surface area contributed by atoms with Crippen LogP contribution in [0.2, 0.25) is 0 Å². The number of rotatable bonds is 13. The van der Waals surface area contributed by atoms with Crippen LogP contribution in [-0.4, -0.2) is 36.0 Å². The molecule has 0 aromatic rings. The van der Waals surface area contributed by atoms with Gasteiger partial charge in [0.25, 0.3) is 0 Å². The van der Waals surface area contributed by atoms with Crippen LogP contribution in [0.15, 0.2) is 68.3 Å². The molecular formula is C20H24N14O2. The van der Waals surface area contributed by atoms with E-state index in [0.717, 1.165) is 12.8 Å². The second-order valence-electron chi connectivity index (χ2n) is 7.87. The van der Waals surface area contributed by atoms with Gasteiger partial charge in [-0.05, 0) is 47.8 Å². The lowest BCUT2D eigenvalue weighted by Crippen LogP contribution is -2.44. The fourth-order valence-electron chi connectivity index (χ4n) is 3.54. The number of carbonyl (C=O) groups excluding carboxylic acids is 2. The highest BCUT2D eigenvalue weighted by atomic mass is 16.2. The van der Waals surface area contributed by atoms with Crippen LogP contribution >= 0.6 is 0 Å². The molecule has 2 aliphatic carbocycles. The Kier molecular flexibility index (Phi) is 10.5. The van der Waals surface area contributed by atoms with Gasteiger partial charge in [0.1, 0.15) is 11.1 Å². The Labute approximate surface area is 205 Å². The van der Waals surface area contributed by atoms with E-state index in [-0.39, 0.29) is 12.8 Å². The molecule has 2 atom stereocenters. The largest absolute Gasteiger partial charge is 0.355 e. The number of carbonyl (C=O) groups is 2. The summed E-state index contributed by atoms with van der Waals surface area (Å²) >= 11 is 0. The Hall–Kier alpha value is -4.86. The first-order valence-corrected chi connectivity index (χ1v) is 11.0. The molecule has 0 fully saturated rings. The number of hydrogen-bond acceptors (Lipinski definition) is 6. The summed E-state index contributed by atoms with van der Waals surface area (Å²) < 4.78 is 0. The van der Waals surface area contributed by atoms with Crippen molar-refractivity contribution in [2.75, 3.05) is 13.1 Å². The summed E-state index contributed by atoms with van der Waals surface area (Å²) in [6.07, 6.45) is 11.9. The summed E-state index contributed by atoms with van der Waals surface area (Å²) in [6, 6.07) is 0. The molecule has 0 saturated carbocycles. The van der Waals surface area contributed by atoms with Gasteiger partial charge in [-0.3, -0.25) is 9.59 Å². The summed E-state index contributed by atoms with van der Waals surface area (Å²) in [7, 11) is 0. The van der Waals surface area contributed by atoms with Crippen molar-refractivity contribution in [1.29, 1.82) is 0 Å². The van der Waals surface area contributed by atoms with E-state index in [1.165, 1.54) is 36.5 Å². The van der Waals surface area contributed by atoms with Crippen molar-refractivity contribution in [3.05, 3.63) is 89.6 Å². The molecule has 0 bridgehead atoms. The third kappa shape index (κ3) is 7.32. The molecule has 186 valence electrons. The average Bonchev–Trinajstić information content (AvgIpc) is 2.88. The molecule has 2 N–H and O–H groups in total. The molecule has 0 spiro atoms. The number of azide groups is 4. The summed E-state index contributed by atoms with van der Waals surface area (Å²) in [5, 5.41) is 19.7. The Morgan fingerprint density at radius 3 is 1.44 bits per heavy atom. The molecular weight excluding hydrogens is 468 g/mol. The third-order valence-electron chi connectivity index (χ3n) is 5.53. The molecule has 2 amide bonds. The lowest BCUT2D eigenvalue weighted by atomic mass is 9.90. The van der Waals surface area contributed by atoms with E-state index in [1.807, 2.05) is 0 Å². The van der Waals surface area contributed by atoms with Crippen molar-refractivity contribution >= 4 is 11.8 Å². The van der Waals surface area contributed by atoms with E-state index in [9.17, 15) is 9.59 Å². The summed E-state index contributed by atoms with van der Waals surface area (Å²) in [6.45, 7) is 0.749. The van der Waals surface area contributed by atoms with Crippen LogP contribution in [-0.2, 0) is 9.59 Å². The molecule has 16 heteroatoms. The van der Waals surface area contributed by atoms with Crippen LogP contribution in [0.3, 0.4) is 0 Å². The Bertz CT molecular complexity index is 1080. The van der Waals surface area contributed by atoms with E-state index in [1.54, 1.807) is 0 Å². The Balaban J connectivity index is 1.71. The van der Waals surface area contributed by atoms with Crippen LogP contribution in [0.1, 0.15) is 38.5 Å². The number of nitrogens with one attached hydrogen (secondary N) is 2. The average molecular weight is 493 g/mol. The molecule has 0 aromatic carbocycles. The zero-order valence-corrected chi connectivity index (χ0v) is 19.3. The van der Waals surface area contributed by atoms with Gasteiger partial charge < -0.3 is 10.6 Å². The standard InChI is InChI=1S/C20H24N14O2/c21-31-27-15-5-9-19(10-6-15,29-33-23)17(35)25-13-3-1-2-4-14-26-18(36)20(30-34-24)11-7-16(8-12-20)28-32-22/h5-9,11H,1-4,10,12-14H2,(H,25,35)(H,26,36). The normalized spacial score (nSPS) is 21.8. The molecule has 0 aromatic heterocycles. The van der Waals surface area contributed by atoms with Crippen molar-refractivity contribution in [2.24, 2.45) is 20.5 Å². The lowest BCUT2D eigenvalue weighted by Gasteiger charge is -2.25. The van der Waals surface area contributed by atoms with Gasteiger partial charge in [-0.15, -0.1) is 0 Å². The minimum absolute atomic E-state index is 0.0859. The second-order valence-corrected chi connectivity index (χ2v) is 7.87. The van der Waals surface area contributed by atoms with Gasteiger partial charge in [0.05, 0.1) is 0 Å². The van der Waals surface area contributed by atoms with Crippen molar-refractivity contribution in [3.8, 4) is 0 Å². The second kappa shape index (κ2) is 13.8. The van der Waals surface area contributed by atoms with Crippen molar-refractivity contribution in [2.45, 2.75) is 49.6 Å². The molecule has 2 rings (SSSR count). The van der Waals surface area contributed by atoms with Gasteiger partial charge in [-0.1, -0.05) is 69.8 Å². The van der Waals surface area contributed by atoms with Crippen LogP contribution in [0.5, 0.6) is 0 Å². The molecule has 2 unspecified atom stereocenters. The number of unbranched alkanes of at least 4 members (excludes halogenated alkanes) is 3. The summed E-state index contributed by atoms with van der Waals surface area (Å²) in [5.74, 6) is -0.886. The number of hydrogen-bond donors (Lipinski definition) is 2. The summed E-state index contributed by atoms with van der Waals surface area (Å²) in [5.41, 5.74) is 32.6. The van der Waals surface area contributed by atoms with Gasteiger partial charge in [-0.2, -0.15) is 0 Å². The highest BCUT2D eigenvalue weighted by Crippen LogP contribution is 2.27. The molecule has 2 aliphatic rings. The first-order chi connectivity index (χ1) is 17.4. The molecule has 16 nitrogen and oxygen atoms in total. The van der Waals surface area contributed by atoms with Gasteiger partial charge in [-0.25, -0.2) is 0 Å². The van der Waals surface area contributed by atoms with Gasteiger partial charge in [0.15, 0.2) is 0 Å². The fraction of sp³-hybridized carbons (Fsp3) is 0.500. The van der Waals surface area contributed by atoms with E-state index in [4.69, 9.17) is 22.1 Å². The van der Waals surface area contributed by atoms with Gasteiger partial charge in [0, 0.05) is 44.1 Å². The smallest absolute Gasteiger partial charge is 0.236 e. The van der Waals surface area contributed by atoms with Crippen LogP contribution < -0.4 is 10.6 Å². The van der Waals surface area contributed by atoms with Crippen LogP contribution in [0.4, 0.5) is 0 Å². The third-order valence-corrected chi connectivity index (χ3v) is 5.53. The lowest BCUT2D eigenvalue weighted by molar-refractivity contribution is -0.125. The van der Waals surface area contributed by atoms with Crippen molar-refractivity contribution in [3.63, 3.8) is 0 Å². The SMILES string of the molecule is [N-]=[N+]=NC1=CCC(N=[N+]=[N-])(C(=O)NCCCCCCNC(=O)C2(N=[N+]=[N-])C=CC(N=[N+]=[N-])=CC2)C=C1. The first kappa shape index (κ1) is 27.4. The maximum Gasteiger partial charge on any atom is 0.236 e. The molecule has 0 heterocycles. The summed E-state index contributed by atoms with van der Waals surface area (Å²) in [4.78, 5) is 36.1. The zero-order chi connectivity index (χ0) is 26.3. The maximum atomic E-state index is 12.6. The van der Waals surface area contributed by atoms with Crippen molar-refractivity contribution in [1.82, 2.24) is 10.6 Å². The molecule has 0 saturated heterocycles. The van der Waals surface area contributed by atoms with Crippen LogP contribution in [0.25, 0.3) is 41.8 Å². The molecule has 0 aliphatic heterocycles. The Morgan fingerprint density at radius 1 is 0.722 bits per heavy atom. The highest BCUT2D eigenvalue weighted by Gasteiger charge is 2.36. The number of allylic oxidation sites excluding steroid dienone is 2. The van der Waals surface area contributed by atoms with E-state index < -0.39 is 22.9 Å². The highest BCUT2D eigenvalue weighted by molar-refractivity contribution is 5.90. The van der Waals surface area contributed by atoms with Crippen LogP contribution in [0, 0.1) is 0 Å². The fourth-order valence-corrected chi connectivity index (χ4v) is 3.54. The topological polar surface area (TPSA) is 253 Å². The van der Waals surface area contributed by atoms with Gasteiger partial charge in [0.2, 0.25) is 11.8 Å². The van der Waals surface area contributed by atoms with Gasteiger partial charge >= 0.3 is 0 Å². The number of amides is 2. The quantitative estimate of drug-likeness (QED) is 0.152. The Morgan fingerprint density at radius 2 is 1.14 bits per heavy atom. The first-order valence-electron chi connectivity index (χ1n) is 11.0. The van der Waals surface area contributed by atoms with Crippen molar-refractivity contribution < 1.29 is 9.59 Å².